The van der Waals surface area contributed by atoms with Crippen molar-refractivity contribution >= 4 is 11.6 Å². The number of aliphatic hydroxyl groups excluding tert-OH is 1. The Bertz CT molecular complexity index is 471. The molecule has 0 aromatic heterocycles. The van der Waals surface area contributed by atoms with Crippen molar-refractivity contribution in [2.24, 2.45) is 0 Å². The predicted molar refractivity (Wildman–Crippen MR) is 86.9 cm³/mol. The normalized spacial score (nSPS) is 22.3. The largest absolute Gasteiger partial charge is 0.394 e. The van der Waals surface area contributed by atoms with Crippen LogP contribution in [0.2, 0.25) is 0 Å². The van der Waals surface area contributed by atoms with Gasteiger partial charge in [-0.15, -0.1) is 0 Å². The van der Waals surface area contributed by atoms with E-state index in [0.29, 0.717) is 12.5 Å². The van der Waals surface area contributed by atoms with Gasteiger partial charge in [0.15, 0.2) is 0 Å². The van der Waals surface area contributed by atoms with Crippen LogP contribution in [0.3, 0.4) is 0 Å². The van der Waals surface area contributed by atoms with Crippen molar-refractivity contribution in [3.8, 4) is 0 Å². The summed E-state index contributed by atoms with van der Waals surface area (Å²) in [6.07, 6.45) is 2.31. The number of rotatable bonds is 7. The standard InChI is InChI=1S/C17H26N2O3/c1-3-14(11-20)19-17(21)10-13-4-6-15(7-5-13)18-16-8-9-22-12(16)2/h4-7,12,14,16,18,20H,3,8-11H2,1-2H3,(H,19,21). The van der Waals surface area contributed by atoms with Crippen molar-refractivity contribution < 1.29 is 14.6 Å². The van der Waals surface area contributed by atoms with E-state index in [-0.39, 0.29) is 24.7 Å². The van der Waals surface area contributed by atoms with Gasteiger partial charge in [-0.1, -0.05) is 19.1 Å². The molecule has 1 heterocycles. The van der Waals surface area contributed by atoms with Gasteiger partial charge in [-0.3, -0.25) is 4.79 Å². The fourth-order valence-electron chi connectivity index (χ4n) is 2.60. The summed E-state index contributed by atoms with van der Waals surface area (Å²) in [6.45, 7) is 4.80. The number of anilines is 1. The molecule has 5 heteroatoms. The van der Waals surface area contributed by atoms with Crippen LogP contribution in [0.5, 0.6) is 0 Å². The fraction of sp³-hybridized carbons (Fsp3) is 0.588. The first-order chi connectivity index (χ1) is 10.6. The van der Waals surface area contributed by atoms with E-state index in [4.69, 9.17) is 9.84 Å². The van der Waals surface area contributed by atoms with Gasteiger partial charge in [0, 0.05) is 12.3 Å². The van der Waals surface area contributed by atoms with E-state index in [0.717, 1.165) is 30.7 Å². The Morgan fingerprint density at radius 1 is 1.41 bits per heavy atom. The van der Waals surface area contributed by atoms with Crippen molar-refractivity contribution in [3.05, 3.63) is 29.8 Å². The van der Waals surface area contributed by atoms with Crippen LogP contribution in [0, 0.1) is 0 Å². The Kier molecular flexibility index (Phi) is 6.21. The molecule has 3 unspecified atom stereocenters. The van der Waals surface area contributed by atoms with E-state index < -0.39 is 0 Å². The summed E-state index contributed by atoms with van der Waals surface area (Å²) in [5.74, 6) is -0.0561. The molecule has 1 fully saturated rings. The second-order valence-electron chi connectivity index (χ2n) is 5.84. The number of amides is 1. The average molecular weight is 306 g/mol. The third kappa shape index (κ3) is 4.71. The molecule has 0 aliphatic carbocycles. The lowest BCUT2D eigenvalue weighted by Gasteiger charge is -2.17. The number of hydrogen-bond donors (Lipinski definition) is 3. The molecule has 3 atom stereocenters. The molecule has 122 valence electrons. The lowest BCUT2D eigenvalue weighted by atomic mass is 10.1. The second-order valence-corrected chi connectivity index (χ2v) is 5.84. The van der Waals surface area contributed by atoms with E-state index in [1.807, 2.05) is 31.2 Å². The molecular formula is C17H26N2O3. The monoisotopic (exact) mass is 306 g/mol. The summed E-state index contributed by atoms with van der Waals surface area (Å²) < 4.78 is 5.54. The number of ether oxygens (including phenoxy) is 1. The molecule has 1 aliphatic rings. The van der Waals surface area contributed by atoms with Gasteiger partial charge < -0.3 is 20.5 Å². The summed E-state index contributed by atoms with van der Waals surface area (Å²) in [4.78, 5) is 11.9. The summed E-state index contributed by atoms with van der Waals surface area (Å²) in [6, 6.07) is 8.11. The quantitative estimate of drug-likeness (QED) is 0.717. The molecule has 0 spiro atoms. The van der Waals surface area contributed by atoms with E-state index >= 15 is 0 Å². The zero-order chi connectivity index (χ0) is 15.9. The van der Waals surface area contributed by atoms with Gasteiger partial charge in [0.05, 0.1) is 31.2 Å². The fourth-order valence-corrected chi connectivity index (χ4v) is 2.60. The predicted octanol–water partition coefficient (Wildman–Crippen LogP) is 1.71. The summed E-state index contributed by atoms with van der Waals surface area (Å²) in [5.41, 5.74) is 2.01. The molecule has 1 saturated heterocycles. The maximum absolute atomic E-state index is 11.9. The van der Waals surface area contributed by atoms with Gasteiger partial charge in [-0.25, -0.2) is 0 Å². The first-order valence-electron chi connectivity index (χ1n) is 7.99. The Balaban J connectivity index is 1.85. The maximum atomic E-state index is 11.9. The average Bonchev–Trinajstić information content (AvgIpc) is 2.92. The van der Waals surface area contributed by atoms with Crippen LogP contribution in [-0.2, 0) is 16.0 Å². The first-order valence-corrected chi connectivity index (χ1v) is 7.99. The number of carbonyl (C=O) groups excluding carboxylic acids is 1. The van der Waals surface area contributed by atoms with E-state index in [1.54, 1.807) is 0 Å². The molecule has 0 saturated carbocycles. The van der Waals surface area contributed by atoms with Crippen molar-refractivity contribution in [2.45, 2.75) is 51.3 Å². The molecule has 0 radical (unpaired) electrons. The smallest absolute Gasteiger partial charge is 0.224 e. The number of benzene rings is 1. The SMILES string of the molecule is CCC(CO)NC(=O)Cc1ccc(NC2CCOC2C)cc1. The molecule has 1 aromatic rings. The number of aliphatic hydroxyl groups is 1. The molecule has 3 N–H and O–H groups in total. The van der Waals surface area contributed by atoms with Crippen molar-refractivity contribution in [1.82, 2.24) is 5.32 Å². The third-order valence-corrected chi connectivity index (χ3v) is 4.13. The highest BCUT2D eigenvalue weighted by Crippen LogP contribution is 2.19. The molecule has 1 aliphatic heterocycles. The van der Waals surface area contributed by atoms with E-state index in [2.05, 4.69) is 17.6 Å². The van der Waals surface area contributed by atoms with Crippen molar-refractivity contribution in [2.75, 3.05) is 18.5 Å². The van der Waals surface area contributed by atoms with Crippen molar-refractivity contribution in [1.29, 1.82) is 0 Å². The summed E-state index contributed by atoms with van der Waals surface area (Å²) in [7, 11) is 0. The molecule has 5 nitrogen and oxygen atoms in total. The van der Waals surface area contributed by atoms with Gasteiger partial charge in [0.2, 0.25) is 5.91 Å². The van der Waals surface area contributed by atoms with Crippen LogP contribution in [0.1, 0.15) is 32.3 Å². The molecule has 1 aromatic carbocycles. The highest BCUT2D eigenvalue weighted by atomic mass is 16.5. The minimum Gasteiger partial charge on any atom is -0.394 e. The number of nitrogens with one attached hydrogen (secondary N) is 2. The zero-order valence-corrected chi connectivity index (χ0v) is 13.3. The molecule has 0 bridgehead atoms. The van der Waals surface area contributed by atoms with Gasteiger partial charge in [0.25, 0.3) is 0 Å². The van der Waals surface area contributed by atoms with Crippen molar-refractivity contribution in [3.63, 3.8) is 0 Å². The van der Waals surface area contributed by atoms with Crippen LogP contribution in [0.4, 0.5) is 5.69 Å². The lowest BCUT2D eigenvalue weighted by Crippen LogP contribution is -2.37. The second kappa shape index (κ2) is 8.15. The highest BCUT2D eigenvalue weighted by Gasteiger charge is 2.23. The van der Waals surface area contributed by atoms with Gasteiger partial charge >= 0.3 is 0 Å². The van der Waals surface area contributed by atoms with Gasteiger partial charge in [-0.05, 0) is 37.5 Å². The third-order valence-electron chi connectivity index (χ3n) is 4.13. The van der Waals surface area contributed by atoms with Crippen LogP contribution in [0.15, 0.2) is 24.3 Å². The number of carbonyl (C=O) groups is 1. The Labute approximate surface area is 132 Å². The Hall–Kier alpha value is -1.59. The summed E-state index contributed by atoms with van der Waals surface area (Å²) in [5, 5.41) is 15.4. The van der Waals surface area contributed by atoms with Crippen LogP contribution < -0.4 is 10.6 Å². The topological polar surface area (TPSA) is 70.6 Å². The summed E-state index contributed by atoms with van der Waals surface area (Å²) >= 11 is 0. The molecule has 2 rings (SSSR count). The van der Waals surface area contributed by atoms with Crippen LogP contribution in [-0.4, -0.2) is 42.4 Å². The van der Waals surface area contributed by atoms with Gasteiger partial charge in [-0.2, -0.15) is 0 Å². The zero-order valence-electron chi connectivity index (χ0n) is 13.3. The molecular weight excluding hydrogens is 280 g/mol. The molecule has 22 heavy (non-hydrogen) atoms. The van der Waals surface area contributed by atoms with E-state index in [1.165, 1.54) is 0 Å². The first kappa shape index (κ1) is 16.8. The van der Waals surface area contributed by atoms with E-state index in [9.17, 15) is 4.79 Å². The highest BCUT2D eigenvalue weighted by molar-refractivity contribution is 5.79. The number of hydrogen-bond acceptors (Lipinski definition) is 4. The Morgan fingerprint density at radius 2 is 2.14 bits per heavy atom. The van der Waals surface area contributed by atoms with Gasteiger partial charge in [0.1, 0.15) is 0 Å². The minimum absolute atomic E-state index is 0.0211. The Morgan fingerprint density at radius 3 is 2.68 bits per heavy atom. The lowest BCUT2D eigenvalue weighted by molar-refractivity contribution is -0.121. The maximum Gasteiger partial charge on any atom is 0.224 e. The van der Waals surface area contributed by atoms with Crippen LogP contribution >= 0.6 is 0 Å². The van der Waals surface area contributed by atoms with Crippen LogP contribution in [0.25, 0.3) is 0 Å². The molecule has 1 amide bonds. The minimum atomic E-state index is -0.155.